The molecule has 0 radical (unpaired) electrons. The van der Waals surface area contributed by atoms with E-state index >= 15 is 0 Å². The van der Waals surface area contributed by atoms with Gasteiger partial charge in [-0.1, -0.05) is 29.4 Å². The molecule has 0 saturated heterocycles. The van der Waals surface area contributed by atoms with Crippen LogP contribution in [0.25, 0.3) is 10.9 Å². The summed E-state index contributed by atoms with van der Waals surface area (Å²) in [5.74, 6) is 0.637. The first-order valence-electron chi connectivity index (χ1n) is 7.66. The van der Waals surface area contributed by atoms with Crippen LogP contribution in [-0.2, 0) is 4.79 Å². The molecule has 7 heteroatoms. The molecule has 0 fully saturated rings. The predicted molar refractivity (Wildman–Crippen MR) is 104 cm³/mol. The molecule has 5 nitrogen and oxygen atoms in total. The number of nitrogens with zero attached hydrogens (tertiary/aromatic N) is 2. The Kier molecular flexibility index (Phi) is 5.61. The molecule has 0 bridgehead atoms. The Labute approximate surface area is 159 Å². The van der Waals surface area contributed by atoms with Gasteiger partial charge < -0.3 is 10.1 Å². The van der Waals surface area contributed by atoms with E-state index in [1.165, 1.54) is 11.8 Å². The summed E-state index contributed by atoms with van der Waals surface area (Å²) in [7, 11) is 1.59. The number of methoxy groups -OCH3 is 1. The number of benzene rings is 2. The molecular weight excluding hydrogens is 370 g/mol. The SMILES string of the molecule is COc1ccc2nc(SCC(=O)Nc3cccc(Cl)c3)c(C#N)cc2c1. The molecule has 0 saturated carbocycles. The molecular formula is C19H14ClN3O2S. The highest BCUT2D eigenvalue weighted by atomic mass is 35.5. The number of pyridine rings is 1. The van der Waals surface area contributed by atoms with Crippen LogP contribution in [0.3, 0.4) is 0 Å². The number of aromatic nitrogens is 1. The molecule has 130 valence electrons. The molecule has 3 rings (SSSR count). The number of amides is 1. The fraction of sp³-hybridized carbons (Fsp3) is 0.105. The summed E-state index contributed by atoms with van der Waals surface area (Å²) in [6.45, 7) is 0. The van der Waals surface area contributed by atoms with Gasteiger partial charge in [-0.05, 0) is 42.5 Å². The summed E-state index contributed by atoms with van der Waals surface area (Å²) >= 11 is 7.12. The first-order valence-corrected chi connectivity index (χ1v) is 9.02. The minimum atomic E-state index is -0.196. The molecule has 3 aromatic rings. The molecule has 2 aromatic carbocycles. The zero-order valence-corrected chi connectivity index (χ0v) is 15.4. The van der Waals surface area contributed by atoms with Gasteiger partial charge in [-0.2, -0.15) is 5.26 Å². The molecule has 0 unspecified atom stereocenters. The molecule has 1 amide bonds. The monoisotopic (exact) mass is 383 g/mol. The third kappa shape index (κ3) is 4.26. The number of ether oxygens (including phenoxy) is 1. The van der Waals surface area contributed by atoms with E-state index in [-0.39, 0.29) is 11.7 Å². The Balaban J connectivity index is 1.75. The number of carbonyl (C=O) groups excluding carboxylic acids is 1. The van der Waals surface area contributed by atoms with E-state index in [2.05, 4.69) is 16.4 Å². The highest BCUT2D eigenvalue weighted by Gasteiger charge is 2.11. The van der Waals surface area contributed by atoms with Gasteiger partial charge in [-0.15, -0.1) is 0 Å². The average molecular weight is 384 g/mol. The highest BCUT2D eigenvalue weighted by molar-refractivity contribution is 8.00. The third-order valence-electron chi connectivity index (χ3n) is 3.56. The number of fused-ring (bicyclic) bond motifs is 1. The van der Waals surface area contributed by atoms with E-state index in [9.17, 15) is 10.1 Å². The van der Waals surface area contributed by atoms with E-state index in [4.69, 9.17) is 16.3 Å². The number of carbonyl (C=O) groups is 1. The maximum Gasteiger partial charge on any atom is 0.234 e. The number of anilines is 1. The van der Waals surface area contributed by atoms with Gasteiger partial charge in [0.05, 0.1) is 23.9 Å². The van der Waals surface area contributed by atoms with Gasteiger partial charge in [0.1, 0.15) is 16.8 Å². The molecule has 0 aliphatic carbocycles. The Bertz CT molecular complexity index is 1020. The lowest BCUT2D eigenvalue weighted by Gasteiger charge is -2.08. The summed E-state index contributed by atoms with van der Waals surface area (Å²) in [6.07, 6.45) is 0. The lowest BCUT2D eigenvalue weighted by Crippen LogP contribution is -2.14. The Morgan fingerprint density at radius 2 is 2.15 bits per heavy atom. The predicted octanol–water partition coefficient (Wildman–Crippen LogP) is 4.50. The van der Waals surface area contributed by atoms with Crippen LogP contribution in [0, 0.1) is 11.3 Å². The number of nitrogens with one attached hydrogen (secondary N) is 1. The fourth-order valence-corrected chi connectivity index (χ4v) is 3.30. The number of rotatable bonds is 5. The quantitative estimate of drug-likeness (QED) is 0.656. The summed E-state index contributed by atoms with van der Waals surface area (Å²) < 4.78 is 5.19. The Hall–Kier alpha value is -2.75. The van der Waals surface area contributed by atoms with Crippen molar-refractivity contribution in [1.29, 1.82) is 5.26 Å². The minimum Gasteiger partial charge on any atom is -0.497 e. The van der Waals surface area contributed by atoms with Gasteiger partial charge in [0.15, 0.2) is 0 Å². The Morgan fingerprint density at radius 1 is 1.31 bits per heavy atom. The van der Waals surface area contributed by atoms with Gasteiger partial charge in [0.25, 0.3) is 0 Å². The molecule has 0 spiro atoms. The van der Waals surface area contributed by atoms with E-state index in [1.807, 2.05) is 18.2 Å². The van der Waals surface area contributed by atoms with Crippen molar-refractivity contribution in [2.24, 2.45) is 0 Å². The van der Waals surface area contributed by atoms with Crippen LogP contribution in [0.15, 0.2) is 53.6 Å². The molecule has 26 heavy (non-hydrogen) atoms. The zero-order valence-electron chi connectivity index (χ0n) is 13.8. The maximum atomic E-state index is 12.1. The van der Waals surface area contributed by atoms with Crippen LogP contribution in [0.1, 0.15) is 5.56 Å². The van der Waals surface area contributed by atoms with Crippen LogP contribution in [0.4, 0.5) is 5.69 Å². The smallest absolute Gasteiger partial charge is 0.234 e. The van der Waals surface area contributed by atoms with E-state index in [0.717, 1.165) is 10.9 Å². The molecule has 1 heterocycles. The van der Waals surface area contributed by atoms with Crippen molar-refractivity contribution < 1.29 is 9.53 Å². The number of hydrogen-bond donors (Lipinski definition) is 1. The van der Waals surface area contributed by atoms with Crippen LogP contribution in [0.5, 0.6) is 5.75 Å². The van der Waals surface area contributed by atoms with Crippen LogP contribution < -0.4 is 10.1 Å². The molecule has 0 aliphatic rings. The summed E-state index contributed by atoms with van der Waals surface area (Å²) in [4.78, 5) is 16.6. The lowest BCUT2D eigenvalue weighted by molar-refractivity contribution is -0.113. The van der Waals surface area contributed by atoms with E-state index < -0.39 is 0 Å². The van der Waals surface area contributed by atoms with Crippen LogP contribution >= 0.6 is 23.4 Å². The second-order valence-corrected chi connectivity index (χ2v) is 6.76. The maximum absolute atomic E-state index is 12.1. The second-order valence-electron chi connectivity index (χ2n) is 5.36. The van der Waals surface area contributed by atoms with Gasteiger partial charge in [0, 0.05) is 16.1 Å². The normalized spacial score (nSPS) is 10.3. The van der Waals surface area contributed by atoms with Gasteiger partial charge in [-0.25, -0.2) is 4.98 Å². The molecule has 0 atom stereocenters. The topological polar surface area (TPSA) is 75.0 Å². The van der Waals surface area contributed by atoms with Crippen molar-refractivity contribution in [1.82, 2.24) is 4.98 Å². The summed E-state index contributed by atoms with van der Waals surface area (Å²) in [5.41, 5.74) is 1.79. The number of halogens is 1. The van der Waals surface area contributed by atoms with Crippen molar-refractivity contribution in [3.05, 3.63) is 59.1 Å². The van der Waals surface area contributed by atoms with E-state index in [1.54, 1.807) is 37.4 Å². The number of hydrogen-bond acceptors (Lipinski definition) is 5. The van der Waals surface area contributed by atoms with Crippen molar-refractivity contribution >= 4 is 45.9 Å². The molecule has 1 N–H and O–H groups in total. The minimum absolute atomic E-state index is 0.135. The van der Waals surface area contributed by atoms with Crippen LogP contribution in [0.2, 0.25) is 5.02 Å². The first-order chi connectivity index (χ1) is 12.6. The largest absolute Gasteiger partial charge is 0.497 e. The standard InChI is InChI=1S/C19H14ClN3O2S/c1-25-16-5-6-17-12(8-16)7-13(10-21)19(23-17)26-11-18(24)22-15-4-2-3-14(20)9-15/h2-9H,11H2,1H3,(H,22,24). The number of nitriles is 1. The summed E-state index contributed by atoms with van der Waals surface area (Å²) in [6, 6.07) is 16.3. The van der Waals surface area contributed by atoms with Crippen molar-refractivity contribution in [2.75, 3.05) is 18.2 Å². The highest BCUT2D eigenvalue weighted by Crippen LogP contribution is 2.27. The molecule has 0 aliphatic heterocycles. The van der Waals surface area contributed by atoms with Gasteiger partial charge in [0.2, 0.25) is 5.91 Å². The average Bonchev–Trinajstić information content (AvgIpc) is 2.65. The fourth-order valence-electron chi connectivity index (χ4n) is 2.35. The van der Waals surface area contributed by atoms with Crippen molar-refractivity contribution in [2.45, 2.75) is 5.03 Å². The first kappa shape index (κ1) is 18.1. The summed E-state index contributed by atoms with van der Waals surface area (Å²) in [5, 5.41) is 14.0. The van der Waals surface area contributed by atoms with E-state index in [0.29, 0.717) is 27.0 Å². The van der Waals surface area contributed by atoms with Gasteiger partial charge in [-0.3, -0.25) is 4.79 Å². The van der Waals surface area contributed by atoms with Gasteiger partial charge >= 0.3 is 0 Å². The number of thioether (sulfide) groups is 1. The lowest BCUT2D eigenvalue weighted by atomic mass is 10.1. The Morgan fingerprint density at radius 3 is 2.88 bits per heavy atom. The van der Waals surface area contributed by atoms with Crippen molar-refractivity contribution in [3.63, 3.8) is 0 Å². The zero-order chi connectivity index (χ0) is 18.5. The second kappa shape index (κ2) is 8.09. The third-order valence-corrected chi connectivity index (χ3v) is 4.78. The van der Waals surface area contributed by atoms with Crippen molar-refractivity contribution in [3.8, 4) is 11.8 Å². The molecule has 1 aromatic heterocycles. The van der Waals surface area contributed by atoms with Crippen LogP contribution in [-0.4, -0.2) is 23.8 Å².